The van der Waals surface area contributed by atoms with Gasteiger partial charge in [0.1, 0.15) is 12.3 Å². The van der Waals surface area contributed by atoms with E-state index >= 15 is 0 Å². The smallest absolute Gasteiger partial charge is 0.362 e. The van der Waals surface area contributed by atoms with Gasteiger partial charge < -0.3 is 20.0 Å². The van der Waals surface area contributed by atoms with E-state index < -0.39 is 17.5 Å². The van der Waals surface area contributed by atoms with E-state index in [9.17, 15) is 9.59 Å². The van der Waals surface area contributed by atoms with Crippen LogP contribution in [0.15, 0.2) is 59.1 Å². The number of carbonyl (C=O) groups is 2. The van der Waals surface area contributed by atoms with Crippen molar-refractivity contribution >= 4 is 34.1 Å². The molecule has 1 heterocycles. The van der Waals surface area contributed by atoms with Gasteiger partial charge in [-0.3, -0.25) is 0 Å². The highest BCUT2D eigenvalue weighted by molar-refractivity contribution is 7.13. The number of rotatable bonds is 8. The molecular weight excluding hydrogens is 454 g/mol. The molecule has 3 aromatic rings. The Morgan fingerprint density at radius 1 is 1.06 bits per heavy atom. The lowest BCUT2D eigenvalue weighted by atomic mass is 9.98. The number of fused-ring (bicyclic) bond motifs is 3. The first-order valence-corrected chi connectivity index (χ1v) is 11.7. The average Bonchev–Trinajstić information content (AvgIpc) is 3.39. The van der Waals surface area contributed by atoms with Gasteiger partial charge >= 0.3 is 11.9 Å². The minimum Gasteiger partial charge on any atom is -0.463 e. The van der Waals surface area contributed by atoms with Crippen LogP contribution < -0.4 is 5.73 Å². The number of hydrogen-bond donors (Lipinski definition) is 1. The molecular formula is C25H25N3O5S. The average molecular weight is 480 g/mol. The van der Waals surface area contributed by atoms with Crippen molar-refractivity contribution in [3.8, 4) is 11.1 Å². The molecule has 0 bridgehead atoms. The lowest BCUT2D eigenvalue weighted by molar-refractivity contribution is -0.168. The SMILES string of the molecule is CCOC(=O)C(C)(C)O/N=C(\C(=O)OCC1c2ccccc2-c2ccccc21)c1csc(N)n1. The number of nitrogens with two attached hydrogens (primary N) is 1. The summed E-state index contributed by atoms with van der Waals surface area (Å²) in [6, 6.07) is 16.1. The monoisotopic (exact) mass is 479 g/mol. The Morgan fingerprint density at radius 2 is 1.68 bits per heavy atom. The van der Waals surface area contributed by atoms with E-state index in [1.165, 1.54) is 13.8 Å². The first-order chi connectivity index (χ1) is 16.3. The van der Waals surface area contributed by atoms with E-state index in [1.807, 2.05) is 36.4 Å². The number of oxime groups is 1. The number of nitrogens with zero attached hydrogens (tertiary/aromatic N) is 2. The minimum atomic E-state index is -1.41. The first kappa shape index (κ1) is 23.4. The summed E-state index contributed by atoms with van der Waals surface area (Å²) >= 11 is 1.15. The third-order valence-corrected chi connectivity index (χ3v) is 6.11. The maximum absolute atomic E-state index is 13.1. The molecule has 0 fully saturated rings. The molecule has 2 N–H and O–H groups in total. The molecule has 34 heavy (non-hydrogen) atoms. The van der Waals surface area contributed by atoms with Crippen LogP contribution in [0.1, 0.15) is 43.5 Å². The molecule has 0 saturated heterocycles. The van der Waals surface area contributed by atoms with Crippen molar-refractivity contribution < 1.29 is 23.9 Å². The molecule has 9 heteroatoms. The molecule has 0 spiro atoms. The fourth-order valence-electron chi connectivity index (χ4n) is 3.75. The second-order valence-corrected chi connectivity index (χ2v) is 9.05. The van der Waals surface area contributed by atoms with Crippen molar-refractivity contribution in [2.45, 2.75) is 32.3 Å². The van der Waals surface area contributed by atoms with Gasteiger partial charge in [-0.05, 0) is 43.0 Å². The number of anilines is 1. The van der Waals surface area contributed by atoms with E-state index in [1.54, 1.807) is 12.3 Å². The number of hydrogen-bond acceptors (Lipinski definition) is 9. The van der Waals surface area contributed by atoms with Crippen LogP contribution in [0.3, 0.4) is 0 Å². The Hall–Kier alpha value is -3.72. The van der Waals surface area contributed by atoms with E-state index in [0.29, 0.717) is 0 Å². The van der Waals surface area contributed by atoms with Gasteiger partial charge in [-0.25, -0.2) is 14.6 Å². The van der Waals surface area contributed by atoms with Crippen LogP contribution in [-0.4, -0.2) is 41.4 Å². The van der Waals surface area contributed by atoms with Gasteiger partial charge in [-0.15, -0.1) is 11.3 Å². The molecule has 8 nitrogen and oxygen atoms in total. The molecule has 0 saturated carbocycles. The highest BCUT2D eigenvalue weighted by Gasteiger charge is 2.34. The molecule has 1 aromatic heterocycles. The zero-order valence-electron chi connectivity index (χ0n) is 19.1. The molecule has 0 radical (unpaired) electrons. The maximum Gasteiger partial charge on any atom is 0.362 e. The molecule has 0 aliphatic heterocycles. The number of benzene rings is 2. The minimum absolute atomic E-state index is 0.104. The van der Waals surface area contributed by atoms with E-state index in [0.717, 1.165) is 33.6 Å². The number of aromatic nitrogens is 1. The second-order valence-electron chi connectivity index (χ2n) is 8.16. The van der Waals surface area contributed by atoms with E-state index in [4.69, 9.17) is 20.0 Å². The molecule has 1 aliphatic carbocycles. The van der Waals surface area contributed by atoms with Gasteiger partial charge in [0.2, 0.25) is 11.3 Å². The van der Waals surface area contributed by atoms with Crippen LogP contribution in [0.5, 0.6) is 0 Å². The standard InChI is InChI=1S/C25H25N3O5S/c1-4-31-23(30)25(2,3)33-28-21(20-14-34-24(26)27-20)22(29)32-13-19-17-11-7-5-9-15(17)16-10-6-8-12-18(16)19/h5-12,14,19H,4,13H2,1-3H3,(H2,26,27)/b28-21-. The predicted molar refractivity (Wildman–Crippen MR) is 130 cm³/mol. The van der Waals surface area contributed by atoms with Gasteiger partial charge in [0, 0.05) is 11.3 Å². The summed E-state index contributed by atoms with van der Waals surface area (Å²) in [6.07, 6.45) is 0. The topological polar surface area (TPSA) is 113 Å². The summed E-state index contributed by atoms with van der Waals surface area (Å²) in [5.41, 5.74) is 8.80. The highest BCUT2D eigenvalue weighted by Crippen LogP contribution is 2.44. The summed E-state index contributed by atoms with van der Waals surface area (Å²) in [7, 11) is 0. The fraction of sp³-hybridized carbons (Fsp3) is 0.280. The number of carbonyl (C=O) groups excluding carboxylic acids is 2. The largest absolute Gasteiger partial charge is 0.463 e. The molecule has 2 aromatic carbocycles. The highest BCUT2D eigenvalue weighted by atomic mass is 32.1. The maximum atomic E-state index is 13.1. The summed E-state index contributed by atoms with van der Waals surface area (Å²) < 4.78 is 10.7. The van der Waals surface area contributed by atoms with Crippen molar-refractivity contribution in [3.63, 3.8) is 0 Å². The Labute approximate surface area is 201 Å². The molecule has 1 aliphatic rings. The number of thiazole rings is 1. The van der Waals surface area contributed by atoms with Crippen molar-refractivity contribution in [3.05, 3.63) is 70.7 Å². The normalized spacial score (nSPS) is 13.2. The summed E-state index contributed by atoms with van der Waals surface area (Å²) in [5.74, 6) is -1.45. The van der Waals surface area contributed by atoms with Crippen molar-refractivity contribution in [1.82, 2.24) is 4.98 Å². The van der Waals surface area contributed by atoms with Crippen LogP contribution in [0.25, 0.3) is 11.1 Å². The third kappa shape index (κ3) is 4.65. The van der Waals surface area contributed by atoms with Crippen LogP contribution in [0.4, 0.5) is 5.13 Å². The fourth-order valence-corrected chi connectivity index (χ4v) is 4.30. The summed E-state index contributed by atoms with van der Waals surface area (Å²) in [5, 5.41) is 5.79. The molecule has 4 rings (SSSR count). The zero-order valence-corrected chi connectivity index (χ0v) is 19.9. The van der Waals surface area contributed by atoms with Gasteiger partial charge in [-0.2, -0.15) is 0 Å². The number of esters is 2. The lowest BCUT2D eigenvalue weighted by Gasteiger charge is -2.20. The molecule has 176 valence electrons. The van der Waals surface area contributed by atoms with Crippen LogP contribution in [-0.2, 0) is 23.9 Å². The lowest BCUT2D eigenvalue weighted by Crippen LogP contribution is -2.36. The van der Waals surface area contributed by atoms with Crippen LogP contribution >= 0.6 is 11.3 Å². The second kappa shape index (κ2) is 9.64. The van der Waals surface area contributed by atoms with E-state index in [2.05, 4.69) is 22.3 Å². The summed E-state index contributed by atoms with van der Waals surface area (Å²) in [6.45, 7) is 4.99. The summed E-state index contributed by atoms with van der Waals surface area (Å²) in [4.78, 5) is 34.8. The van der Waals surface area contributed by atoms with Crippen LogP contribution in [0.2, 0.25) is 0 Å². The van der Waals surface area contributed by atoms with Gasteiger partial charge in [0.05, 0.1) is 6.61 Å². The van der Waals surface area contributed by atoms with Gasteiger partial charge in [0.15, 0.2) is 5.13 Å². The van der Waals surface area contributed by atoms with Crippen molar-refractivity contribution in [1.29, 1.82) is 0 Å². The Balaban J connectivity index is 1.57. The third-order valence-electron chi connectivity index (χ3n) is 5.43. The quantitative estimate of drug-likeness (QED) is 0.293. The number of nitrogen functional groups attached to an aromatic ring is 1. The Kier molecular flexibility index (Phi) is 6.65. The van der Waals surface area contributed by atoms with Gasteiger partial charge in [-0.1, -0.05) is 53.7 Å². The van der Waals surface area contributed by atoms with E-state index in [-0.39, 0.29) is 35.7 Å². The Bertz CT molecular complexity index is 1210. The van der Waals surface area contributed by atoms with Crippen molar-refractivity contribution in [2.24, 2.45) is 5.16 Å². The number of ether oxygens (including phenoxy) is 2. The van der Waals surface area contributed by atoms with Gasteiger partial charge in [0.25, 0.3) is 0 Å². The first-order valence-electron chi connectivity index (χ1n) is 10.8. The van der Waals surface area contributed by atoms with Crippen LogP contribution in [0, 0.1) is 0 Å². The van der Waals surface area contributed by atoms with Crippen molar-refractivity contribution in [2.75, 3.05) is 18.9 Å². The zero-order chi connectivity index (χ0) is 24.3. The molecule has 0 atom stereocenters. The Morgan fingerprint density at radius 3 is 2.24 bits per heavy atom. The predicted octanol–water partition coefficient (Wildman–Crippen LogP) is 4.14. The molecule has 0 unspecified atom stereocenters. The molecule has 0 amide bonds.